The van der Waals surface area contributed by atoms with Crippen LogP contribution in [0.5, 0.6) is 0 Å². The number of piperidine rings is 1. The molecule has 11 heteroatoms. The van der Waals surface area contributed by atoms with Gasteiger partial charge in [0.25, 0.3) is 5.60 Å². The van der Waals surface area contributed by atoms with Crippen LogP contribution in [0.15, 0.2) is 11.6 Å². The lowest BCUT2D eigenvalue weighted by Crippen LogP contribution is -2.95. The molecular formula is C36H63N6O5+3. The molecule has 5 fully saturated rings. The average molecular weight is 660 g/mol. The van der Waals surface area contributed by atoms with Gasteiger partial charge in [-0.2, -0.15) is 0 Å². The molecule has 3 heterocycles. The van der Waals surface area contributed by atoms with E-state index in [1.807, 2.05) is 7.05 Å². The molecule has 0 aromatic heterocycles. The average Bonchev–Trinajstić information content (AvgIpc) is 3.83. The van der Waals surface area contributed by atoms with E-state index in [1.165, 1.54) is 0 Å². The maximum Gasteiger partial charge on any atom is 0.350 e. The second-order valence-corrected chi connectivity index (χ2v) is 15.2. The third kappa shape index (κ3) is 7.19. The number of carbonyl (C=O) groups excluding carboxylic acids is 3. The van der Waals surface area contributed by atoms with Gasteiger partial charge in [0.2, 0.25) is 0 Å². The van der Waals surface area contributed by atoms with E-state index < -0.39 is 23.1 Å². The van der Waals surface area contributed by atoms with Crippen molar-refractivity contribution in [3.05, 3.63) is 11.6 Å². The molecule has 0 aromatic carbocycles. The number of hydrogen-bond acceptors (Lipinski definition) is 6. The van der Waals surface area contributed by atoms with Gasteiger partial charge in [-0.15, -0.1) is 0 Å². The summed E-state index contributed by atoms with van der Waals surface area (Å²) >= 11 is 0. The maximum absolute atomic E-state index is 14.3. The van der Waals surface area contributed by atoms with E-state index in [0.29, 0.717) is 18.8 Å². The van der Waals surface area contributed by atoms with Crippen LogP contribution < -0.4 is 32.0 Å². The fourth-order valence-corrected chi connectivity index (χ4v) is 9.23. The highest BCUT2D eigenvalue weighted by atomic mass is 16.7. The monoisotopic (exact) mass is 659 g/mol. The molecule has 0 amide bonds. The summed E-state index contributed by atoms with van der Waals surface area (Å²) in [7, 11) is 1.93. The number of ether oxygens (including phenoxy) is 2. The highest BCUT2D eigenvalue weighted by Gasteiger charge is 2.86. The number of quaternary nitrogens is 2. The Morgan fingerprint density at radius 2 is 1.96 bits per heavy atom. The van der Waals surface area contributed by atoms with E-state index in [4.69, 9.17) is 15.2 Å². The highest BCUT2D eigenvalue weighted by molar-refractivity contribution is 6.23. The van der Waals surface area contributed by atoms with Crippen molar-refractivity contribution in [2.45, 2.75) is 127 Å². The van der Waals surface area contributed by atoms with E-state index in [1.54, 1.807) is 0 Å². The Balaban J connectivity index is 1.39. The summed E-state index contributed by atoms with van der Waals surface area (Å²) in [4.78, 5) is 45.8. The van der Waals surface area contributed by atoms with E-state index >= 15 is 0 Å². The molecule has 47 heavy (non-hydrogen) atoms. The molecule has 0 spiro atoms. The van der Waals surface area contributed by atoms with Gasteiger partial charge < -0.3 is 20.1 Å². The van der Waals surface area contributed by atoms with Crippen molar-refractivity contribution in [1.29, 1.82) is 0 Å². The number of guanidine groups is 1. The number of nitrogens with one attached hydrogen (secondary N) is 3. The number of unbranched alkanes of at least 4 members (excludes halogenated alkanes) is 1. The molecule has 0 radical (unpaired) electrons. The van der Waals surface area contributed by atoms with Crippen LogP contribution in [0, 0.1) is 23.7 Å². The van der Waals surface area contributed by atoms with Crippen molar-refractivity contribution in [2.75, 3.05) is 39.8 Å². The van der Waals surface area contributed by atoms with Crippen LogP contribution in [0.1, 0.15) is 104 Å². The van der Waals surface area contributed by atoms with Gasteiger partial charge in [-0.1, -0.05) is 44.3 Å². The van der Waals surface area contributed by atoms with Gasteiger partial charge >= 0.3 is 11.9 Å². The molecule has 0 aromatic rings. The second-order valence-electron chi connectivity index (χ2n) is 15.2. The Morgan fingerprint density at radius 1 is 1.19 bits per heavy atom. The van der Waals surface area contributed by atoms with Crippen LogP contribution in [-0.2, 0) is 23.9 Å². The Hall–Kier alpha value is -2.34. The van der Waals surface area contributed by atoms with Gasteiger partial charge in [0, 0.05) is 49.4 Å². The number of fused-ring (bicyclic) bond motifs is 2. The minimum Gasteiger partial charge on any atom is -0.463 e. The SMILES string of the molecule is CCCC[C@H](C[NH2+]CC)COC(=O)[C@]12O[C@@]1(CC=C(C)C[C@@]1(C3CC[NH2+]C(N)C3)CCCNC(=[NH+]C)N1)C(=O)C1CCCCC1C2=O. The topological polar surface area (TPSA) is 170 Å². The first-order valence-corrected chi connectivity index (χ1v) is 18.7. The fraction of sp³-hybridized carbons (Fsp3) is 0.833. The number of nitrogens with two attached hydrogens (primary N) is 3. The minimum absolute atomic E-state index is 0.0734. The van der Waals surface area contributed by atoms with Gasteiger partial charge in [-0.25, -0.2) is 4.79 Å². The predicted octanol–water partition coefficient (Wildman–Crippen LogP) is -0.852. The molecule has 8 atom stereocenters. The predicted molar refractivity (Wildman–Crippen MR) is 179 cm³/mol. The van der Waals surface area contributed by atoms with Crippen LogP contribution in [-0.4, -0.2) is 86.2 Å². The number of hydrogen-bond donors (Lipinski definition) is 6. The van der Waals surface area contributed by atoms with Crippen LogP contribution in [0.25, 0.3) is 0 Å². The molecule has 0 bridgehead atoms. The molecule has 2 aliphatic carbocycles. The molecular weight excluding hydrogens is 596 g/mol. The smallest absolute Gasteiger partial charge is 0.350 e. The van der Waals surface area contributed by atoms with Gasteiger partial charge in [0.15, 0.2) is 17.2 Å². The first-order chi connectivity index (χ1) is 22.7. The van der Waals surface area contributed by atoms with Crippen molar-refractivity contribution < 1.29 is 39.5 Å². The number of carbonyl (C=O) groups is 3. The summed E-state index contributed by atoms with van der Waals surface area (Å²) in [5.41, 5.74) is 4.08. The number of ketones is 2. The summed E-state index contributed by atoms with van der Waals surface area (Å²) in [5, 5.41) is 11.8. The molecule has 5 rings (SSSR count). The number of rotatable bonds is 14. The third-order valence-corrected chi connectivity index (χ3v) is 11.9. The van der Waals surface area contributed by atoms with Crippen molar-refractivity contribution in [3.63, 3.8) is 0 Å². The van der Waals surface area contributed by atoms with E-state index in [-0.39, 0.29) is 48.1 Å². The van der Waals surface area contributed by atoms with Crippen molar-refractivity contribution in [2.24, 2.45) is 29.4 Å². The summed E-state index contributed by atoms with van der Waals surface area (Å²) in [6.07, 6.45) is 13.3. The summed E-state index contributed by atoms with van der Waals surface area (Å²) in [5.74, 6) is -0.282. The summed E-state index contributed by atoms with van der Waals surface area (Å²) < 4.78 is 12.2. The highest BCUT2D eigenvalue weighted by Crippen LogP contribution is 2.61. The lowest BCUT2D eigenvalue weighted by Gasteiger charge is -2.41. The van der Waals surface area contributed by atoms with Crippen LogP contribution in [0.4, 0.5) is 0 Å². The lowest BCUT2D eigenvalue weighted by atomic mass is 9.61. The molecule has 9 N–H and O–H groups in total. The zero-order valence-electron chi connectivity index (χ0n) is 29.5. The summed E-state index contributed by atoms with van der Waals surface area (Å²) in [6.45, 7) is 10.3. The normalized spacial score (nSPS) is 37.2. The molecule has 264 valence electrons. The fourth-order valence-electron chi connectivity index (χ4n) is 9.23. The Kier molecular flexibility index (Phi) is 11.8. The standard InChI is InChI=1S/C36H60N6O5/c1-5-7-11-25(22-39-6-2)23-46-32(45)36-31(44)28-13-9-8-12-27(28)30(43)35(36,47-36)17-14-24(3)21-34(26-15-19-40-29(37)20-26)16-10-18-41-33(38-4)42-34/h14,25-29,39-40H,5-13,15-23,37H2,1-4H3,(H2,38,41,42)/p+3/t25-,26?,27?,28?,29?,34-,35+,36+/m1/s1. The van der Waals surface area contributed by atoms with E-state index in [9.17, 15) is 14.4 Å². The molecule has 11 nitrogen and oxygen atoms in total. The largest absolute Gasteiger partial charge is 0.463 e. The van der Waals surface area contributed by atoms with Crippen LogP contribution in [0.3, 0.4) is 0 Å². The van der Waals surface area contributed by atoms with Crippen molar-refractivity contribution >= 4 is 23.5 Å². The van der Waals surface area contributed by atoms with Gasteiger partial charge in [-0.3, -0.25) is 30.9 Å². The zero-order valence-corrected chi connectivity index (χ0v) is 29.5. The second kappa shape index (κ2) is 15.5. The van der Waals surface area contributed by atoms with Crippen LogP contribution in [0.2, 0.25) is 0 Å². The number of epoxide rings is 1. The molecule has 4 unspecified atom stereocenters. The molecule has 5 aliphatic rings. The summed E-state index contributed by atoms with van der Waals surface area (Å²) in [6, 6.07) is 0. The van der Waals surface area contributed by atoms with Crippen LogP contribution >= 0.6 is 0 Å². The first-order valence-electron chi connectivity index (χ1n) is 18.7. The molecule has 2 saturated carbocycles. The Labute approximate surface area is 281 Å². The zero-order chi connectivity index (χ0) is 33.7. The van der Waals surface area contributed by atoms with Gasteiger partial charge in [0.05, 0.1) is 45.4 Å². The number of Topliss-reactive ketones (excluding diaryl/α,β-unsaturated/α-hetero) is 2. The van der Waals surface area contributed by atoms with E-state index in [0.717, 1.165) is 102 Å². The Morgan fingerprint density at radius 3 is 2.66 bits per heavy atom. The third-order valence-electron chi connectivity index (χ3n) is 11.9. The number of esters is 1. The molecule has 3 saturated heterocycles. The molecule has 3 aliphatic heterocycles. The first kappa shape index (κ1) is 36.0. The van der Waals surface area contributed by atoms with Gasteiger partial charge in [0.1, 0.15) is 6.17 Å². The maximum atomic E-state index is 14.3. The van der Waals surface area contributed by atoms with Crippen molar-refractivity contribution in [3.8, 4) is 0 Å². The van der Waals surface area contributed by atoms with Gasteiger partial charge in [-0.05, 0) is 46.0 Å². The Bertz CT molecular complexity index is 1200. The lowest BCUT2D eigenvalue weighted by molar-refractivity contribution is -0.699. The van der Waals surface area contributed by atoms with E-state index in [2.05, 4.69) is 53.1 Å². The minimum atomic E-state index is -1.82. The quantitative estimate of drug-likeness (QED) is 0.0606. The van der Waals surface area contributed by atoms with Crippen molar-refractivity contribution in [1.82, 2.24) is 10.6 Å².